The zero-order valence-electron chi connectivity index (χ0n) is 21.4. The van der Waals surface area contributed by atoms with Crippen LogP contribution >= 0.6 is 11.8 Å². The molecule has 5 rings (SSSR count). The third-order valence-corrected chi connectivity index (χ3v) is 8.99. The normalized spacial score (nSPS) is 21.3. The fraction of sp³-hybridized carbons (Fsp3) is 0.355. The minimum absolute atomic E-state index is 0.00751. The summed E-state index contributed by atoms with van der Waals surface area (Å²) in [5, 5.41) is 12.8. The summed E-state index contributed by atoms with van der Waals surface area (Å²) in [6.07, 6.45) is 2.53. The van der Waals surface area contributed by atoms with Crippen LogP contribution in [0.3, 0.4) is 0 Å². The molecule has 5 nitrogen and oxygen atoms in total. The van der Waals surface area contributed by atoms with Crippen molar-refractivity contribution in [1.29, 1.82) is 0 Å². The molecular weight excluding hydrogens is 480 g/mol. The van der Waals surface area contributed by atoms with Gasteiger partial charge in [0.15, 0.2) is 0 Å². The van der Waals surface area contributed by atoms with Crippen molar-refractivity contribution in [2.45, 2.75) is 67.9 Å². The highest BCUT2D eigenvalue weighted by Crippen LogP contribution is 2.54. The molecule has 3 aromatic rings. The van der Waals surface area contributed by atoms with Crippen molar-refractivity contribution >= 4 is 23.6 Å². The molecular formula is C31H34N2O3S. The van der Waals surface area contributed by atoms with Crippen LogP contribution in [0.25, 0.3) is 0 Å². The second-order valence-corrected chi connectivity index (χ2v) is 11.6. The zero-order valence-corrected chi connectivity index (χ0v) is 22.3. The molecule has 2 aliphatic rings. The van der Waals surface area contributed by atoms with Gasteiger partial charge in [-0.3, -0.25) is 9.59 Å². The van der Waals surface area contributed by atoms with E-state index in [9.17, 15) is 14.7 Å². The number of amides is 2. The van der Waals surface area contributed by atoms with E-state index < -0.39 is 10.8 Å². The second-order valence-electron chi connectivity index (χ2n) is 10.2. The molecule has 1 aliphatic carbocycles. The van der Waals surface area contributed by atoms with Crippen LogP contribution in [0.1, 0.15) is 53.6 Å². The number of rotatable bonds is 8. The summed E-state index contributed by atoms with van der Waals surface area (Å²) in [6, 6.07) is 23.9. The number of aliphatic hydroxyl groups is 1. The highest BCUT2D eigenvalue weighted by atomic mass is 32.2. The molecule has 0 spiro atoms. The van der Waals surface area contributed by atoms with E-state index in [0.29, 0.717) is 6.54 Å². The van der Waals surface area contributed by atoms with Crippen molar-refractivity contribution in [3.05, 3.63) is 101 Å². The number of thioether (sulfide) groups is 1. The smallest absolute Gasteiger partial charge is 0.239 e. The molecule has 0 unspecified atom stereocenters. The average molecular weight is 515 g/mol. The Morgan fingerprint density at radius 3 is 2.27 bits per heavy atom. The van der Waals surface area contributed by atoms with E-state index in [1.54, 1.807) is 0 Å². The van der Waals surface area contributed by atoms with E-state index in [1.165, 1.54) is 22.9 Å². The van der Waals surface area contributed by atoms with Gasteiger partial charge in [0.25, 0.3) is 0 Å². The maximum Gasteiger partial charge on any atom is 0.239 e. The standard InChI is InChI=1S/C31H34N2O3S/c1-3-16-32-30(36)31(37-27-14-8-21(2)9-15-27)19-28(35)33(26-17-24-6-4-5-7-25(24)18-26)29(31)23-12-10-22(20-34)11-13-23/h4-15,26,29,34H,3,16-20H2,1-2H3,(H,32,36)/t29-,31-/m1/s1. The van der Waals surface area contributed by atoms with Gasteiger partial charge in [-0.15, -0.1) is 11.8 Å². The third-order valence-electron chi connectivity index (χ3n) is 7.56. The molecule has 0 saturated carbocycles. The fourth-order valence-electron chi connectivity index (χ4n) is 5.71. The lowest BCUT2D eigenvalue weighted by atomic mass is 9.90. The van der Waals surface area contributed by atoms with Gasteiger partial charge in [-0.05, 0) is 60.6 Å². The predicted octanol–water partition coefficient (Wildman–Crippen LogP) is 4.99. The highest BCUT2D eigenvalue weighted by molar-refractivity contribution is 8.01. The number of aryl methyl sites for hydroxylation is 1. The van der Waals surface area contributed by atoms with E-state index in [1.807, 2.05) is 79.4 Å². The lowest BCUT2D eigenvalue weighted by molar-refractivity contribution is -0.131. The first-order valence-corrected chi connectivity index (χ1v) is 13.9. The van der Waals surface area contributed by atoms with E-state index in [2.05, 4.69) is 17.4 Å². The van der Waals surface area contributed by atoms with Gasteiger partial charge in [0.05, 0.1) is 19.1 Å². The van der Waals surface area contributed by atoms with Crippen molar-refractivity contribution in [2.75, 3.05) is 6.54 Å². The van der Waals surface area contributed by atoms with E-state index in [-0.39, 0.29) is 30.9 Å². The number of carbonyl (C=O) groups is 2. The van der Waals surface area contributed by atoms with E-state index in [4.69, 9.17) is 0 Å². The molecule has 1 saturated heterocycles. The Morgan fingerprint density at radius 2 is 1.68 bits per heavy atom. The Morgan fingerprint density at radius 1 is 1.03 bits per heavy atom. The average Bonchev–Trinajstić information content (AvgIpc) is 3.47. The van der Waals surface area contributed by atoms with Crippen molar-refractivity contribution in [3.63, 3.8) is 0 Å². The minimum atomic E-state index is -1.02. The number of nitrogens with one attached hydrogen (secondary N) is 1. The molecule has 1 heterocycles. The minimum Gasteiger partial charge on any atom is -0.392 e. The first kappa shape index (κ1) is 25.6. The Balaban J connectivity index is 1.62. The highest BCUT2D eigenvalue weighted by Gasteiger charge is 2.59. The van der Waals surface area contributed by atoms with Gasteiger partial charge in [-0.1, -0.05) is 73.2 Å². The Bertz CT molecular complexity index is 1250. The van der Waals surface area contributed by atoms with Crippen LogP contribution in [0.5, 0.6) is 0 Å². The molecule has 2 N–H and O–H groups in total. The molecule has 3 aromatic carbocycles. The van der Waals surface area contributed by atoms with Crippen molar-refractivity contribution < 1.29 is 14.7 Å². The van der Waals surface area contributed by atoms with Gasteiger partial charge in [0, 0.05) is 17.5 Å². The molecule has 2 atom stereocenters. The quantitative estimate of drug-likeness (QED) is 0.445. The second kappa shape index (κ2) is 10.7. The summed E-state index contributed by atoms with van der Waals surface area (Å²) in [6.45, 7) is 4.59. The number of hydrogen-bond acceptors (Lipinski definition) is 4. The van der Waals surface area contributed by atoms with Gasteiger partial charge in [0.2, 0.25) is 11.8 Å². The first-order valence-electron chi connectivity index (χ1n) is 13.1. The summed E-state index contributed by atoms with van der Waals surface area (Å²) >= 11 is 1.51. The van der Waals surface area contributed by atoms with E-state index >= 15 is 0 Å². The van der Waals surface area contributed by atoms with Gasteiger partial charge >= 0.3 is 0 Å². The molecule has 6 heteroatoms. The molecule has 0 aromatic heterocycles. The molecule has 1 aliphatic heterocycles. The number of aliphatic hydroxyl groups excluding tert-OH is 1. The van der Waals surface area contributed by atoms with Crippen molar-refractivity contribution in [3.8, 4) is 0 Å². The monoisotopic (exact) mass is 514 g/mol. The number of benzene rings is 3. The fourth-order valence-corrected chi connectivity index (χ4v) is 7.13. The molecule has 192 valence electrons. The third kappa shape index (κ3) is 4.92. The molecule has 37 heavy (non-hydrogen) atoms. The van der Waals surface area contributed by atoms with Crippen LogP contribution in [0.15, 0.2) is 77.7 Å². The lowest BCUT2D eigenvalue weighted by Gasteiger charge is -2.39. The van der Waals surface area contributed by atoms with Gasteiger partial charge in [-0.25, -0.2) is 0 Å². The number of carbonyl (C=O) groups excluding carboxylic acids is 2. The molecule has 1 fully saturated rings. The predicted molar refractivity (Wildman–Crippen MR) is 147 cm³/mol. The van der Waals surface area contributed by atoms with Gasteiger partial charge in [-0.2, -0.15) is 0 Å². The molecule has 2 amide bonds. The summed E-state index contributed by atoms with van der Waals surface area (Å²) in [5.74, 6) is -0.0807. The van der Waals surface area contributed by atoms with Crippen LogP contribution in [-0.2, 0) is 29.0 Å². The van der Waals surface area contributed by atoms with Gasteiger partial charge in [0.1, 0.15) is 4.75 Å². The summed E-state index contributed by atoms with van der Waals surface area (Å²) < 4.78 is -1.02. The van der Waals surface area contributed by atoms with Crippen molar-refractivity contribution in [1.82, 2.24) is 10.2 Å². The van der Waals surface area contributed by atoms with Crippen LogP contribution in [0, 0.1) is 6.92 Å². The number of nitrogens with zero attached hydrogens (tertiary/aromatic N) is 1. The van der Waals surface area contributed by atoms with Gasteiger partial charge < -0.3 is 15.3 Å². The maximum absolute atomic E-state index is 14.1. The summed E-state index contributed by atoms with van der Waals surface area (Å²) in [4.78, 5) is 31.0. The first-order chi connectivity index (χ1) is 17.9. The Labute approximate surface area is 223 Å². The maximum atomic E-state index is 14.1. The topological polar surface area (TPSA) is 69.6 Å². The lowest BCUT2D eigenvalue weighted by Crippen LogP contribution is -2.50. The Kier molecular flexibility index (Phi) is 7.40. The van der Waals surface area contributed by atoms with Crippen LogP contribution in [-0.4, -0.2) is 39.2 Å². The SMILES string of the molecule is CCCNC(=O)[C@@]1(Sc2ccc(C)cc2)CC(=O)N(C2Cc3ccccc3C2)[C@@H]1c1ccc(CO)cc1. The van der Waals surface area contributed by atoms with Crippen LogP contribution < -0.4 is 5.32 Å². The van der Waals surface area contributed by atoms with Crippen LogP contribution in [0.4, 0.5) is 0 Å². The molecule has 0 bridgehead atoms. The van der Waals surface area contributed by atoms with E-state index in [0.717, 1.165) is 40.8 Å². The molecule has 0 radical (unpaired) electrons. The number of likely N-dealkylation sites (tertiary alicyclic amines) is 1. The summed E-state index contributed by atoms with van der Waals surface area (Å²) in [7, 11) is 0. The summed E-state index contributed by atoms with van der Waals surface area (Å²) in [5.41, 5.74) is 5.42. The van der Waals surface area contributed by atoms with Crippen molar-refractivity contribution in [2.24, 2.45) is 0 Å². The largest absolute Gasteiger partial charge is 0.392 e. The zero-order chi connectivity index (χ0) is 26.0. The van der Waals surface area contributed by atoms with Crippen LogP contribution in [0.2, 0.25) is 0 Å². The number of fused-ring (bicyclic) bond motifs is 1. The number of hydrogen-bond donors (Lipinski definition) is 2. The Hall–Kier alpha value is -3.09.